The zero-order valence-electron chi connectivity index (χ0n) is 17.9. The highest BCUT2D eigenvalue weighted by Crippen LogP contribution is 2.38. The van der Waals surface area contributed by atoms with E-state index in [1.54, 1.807) is 23.9 Å². The lowest BCUT2D eigenvalue weighted by Crippen LogP contribution is -2.50. The Morgan fingerprint density at radius 1 is 1.14 bits per heavy atom. The maximum Gasteiger partial charge on any atom is 0.252 e. The van der Waals surface area contributed by atoms with Gasteiger partial charge >= 0.3 is 0 Å². The van der Waals surface area contributed by atoms with Crippen molar-refractivity contribution in [3.05, 3.63) is 17.7 Å². The number of amides is 2. The molecular formula is C21H32N2O5S. The Labute approximate surface area is 177 Å². The maximum atomic E-state index is 13.1. The molecule has 2 amide bonds. The Hall–Kier alpha value is -2.09. The van der Waals surface area contributed by atoms with E-state index in [9.17, 15) is 9.59 Å². The molecule has 29 heavy (non-hydrogen) atoms. The third-order valence-corrected chi connectivity index (χ3v) is 5.88. The summed E-state index contributed by atoms with van der Waals surface area (Å²) in [4.78, 5) is 27.9. The highest BCUT2D eigenvalue weighted by atomic mass is 32.2. The van der Waals surface area contributed by atoms with Crippen LogP contribution in [0.5, 0.6) is 17.2 Å². The molecule has 1 atom stereocenters. The summed E-state index contributed by atoms with van der Waals surface area (Å²) in [5, 5.41) is 2.92. The molecule has 0 bridgehead atoms. The molecular weight excluding hydrogens is 392 g/mol. The number of benzene rings is 1. The molecule has 1 aromatic rings. The predicted molar refractivity (Wildman–Crippen MR) is 115 cm³/mol. The van der Waals surface area contributed by atoms with E-state index < -0.39 is 6.04 Å². The monoisotopic (exact) mass is 424 g/mol. The van der Waals surface area contributed by atoms with Crippen molar-refractivity contribution in [1.29, 1.82) is 0 Å². The largest absolute Gasteiger partial charge is 0.493 e. The minimum Gasteiger partial charge on any atom is -0.493 e. The van der Waals surface area contributed by atoms with Crippen LogP contribution >= 0.6 is 11.8 Å². The van der Waals surface area contributed by atoms with Crippen LogP contribution in [0.3, 0.4) is 0 Å². The summed E-state index contributed by atoms with van der Waals surface area (Å²) in [6.45, 7) is 3.70. The van der Waals surface area contributed by atoms with Gasteiger partial charge in [-0.2, -0.15) is 11.8 Å². The van der Waals surface area contributed by atoms with Crippen LogP contribution < -0.4 is 19.5 Å². The van der Waals surface area contributed by atoms with Gasteiger partial charge in [-0.05, 0) is 49.3 Å². The highest BCUT2D eigenvalue weighted by molar-refractivity contribution is 7.98. The molecule has 1 aromatic carbocycles. The summed E-state index contributed by atoms with van der Waals surface area (Å²) in [7, 11) is 4.51. The molecule has 0 spiro atoms. The molecule has 0 saturated carbocycles. The minimum atomic E-state index is -0.553. The van der Waals surface area contributed by atoms with E-state index in [0.717, 1.165) is 31.7 Å². The van der Waals surface area contributed by atoms with Crippen LogP contribution in [-0.4, -0.2) is 69.2 Å². The quantitative estimate of drug-likeness (QED) is 0.657. The van der Waals surface area contributed by atoms with Gasteiger partial charge in [0.2, 0.25) is 11.7 Å². The molecule has 0 aliphatic carbocycles. The van der Waals surface area contributed by atoms with Gasteiger partial charge in [0.15, 0.2) is 11.5 Å². The third kappa shape index (κ3) is 5.95. The summed E-state index contributed by atoms with van der Waals surface area (Å²) in [5.74, 6) is 2.29. The van der Waals surface area contributed by atoms with E-state index in [0.29, 0.717) is 35.2 Å². The van der Waals surface area contributed by atoms with Gasteiger partial charge in [-0.1, -0.05) is 6.92 Å². The van der Waals surface area contributed by atoms with Crippen LogP contribution in [0.15, 0.2) is 12.1 Å². The summed E-state index contributed by atoms with van der Waals surface area (Å²) in [6, 6.07) is 2.63. The fraction of sp³-hybridized carbons (Fsp3) is 0.619. The number of rotatable bonds is 9. The first-order valence-electron chi connectivity index (χ1n) is 9.83. The van der Waals surface area contributed by atoms with E-state index in [1.807, 2.05) is 11.2 Å². The highest BCUT2D eigenvalue weighted by Gasteiger charge is 2.29. The molecule has 1 aliphatic rings. The smallest absolute Gasteiger partial charge is 0.252 e. The molecule has 1 aliphatic heterocycles. The molecule has 7 nitrogen and oxygen atoms in total. The lowest BCUT2D eigenvalue weighted by Gasteiger charge is -2.33. The fourth-order valence-electron chi connectivity index (χ4n) is 3.40. The van der Waals surface area contributed by atoms with Gasteiger partial charge in [-0.25, -0.2) is 0 Å². The Morgan fingerprint density at radius 3 is 2.21 bits per heavy atom. The van der Waals surface area contributed by atoms with Gasteiger partial charge in [-0.15, -0.1) is 0 Å². The van der Waals surface area contributed by atoms with Crippen LogP contribution in [0.4, 0.5) is 0 Å². The van der Waals surface area contributed by atoms with E-state index in [1.165, 1.54) is 21.3 Å². The summed E-state index contributed by atoms with van der Waals surface area (Å²) in [6.07, 6.45) is 4.58. The van der Waals surface area contributed by atoms with Crippen molar-refractivity contribution in [3.63, 3.8) is 0 Å². The van der Waals surface area contributed by atoms with E-state index >= 15 is 0 Å². The van der Waals surface area contributed by atoms with Crippen molar-refractivity contribution < 1.29 is 23.8 Å². The second-order valence-electron chi connectivity index (χ2n) is 7.23. The van der Waals surface area contributed by atoms with Crippen LogP contribution in [0.2, 0.25) is 0 Å². The molecule has 1 saturated heterocycles. The average Bonchev–Trinajstić information content (AvgIpc) is 2.75. The predicted octanol–water partition coefficient (Wildman–Crippen LogP) is 2.82. The Morgan fingerprint density at radius 2 is 1.72 bits per heavy atom. The standard InChI is InChI=1S/C21H32N2O5S/c1-14-6-9-23(10-7-14)21(25)16(8-11-29-5)22-20(24)15-12-17(26-2)19(28-4)18(13-15)27-3/h12-14,16H,6-11H2,1-5H3,(H,22,24)/t16-/m1/s1. The number of carbonyl (C=O) groups is 2. The zero-order chi connectivity index (χ0) is 21.4. The molecule has 162 valence electrons. The number of carbonyl (C=O) groups excluding carboxylic acids is 2. The van der Waals surface area contributed by atoms with E-state index in [4.69, 9.17) is 14.2 Å². The number of nitrogens with zero attached hydrogens (tertiary/aromatic N) is 1. The molecule has 1 N–H and O–H groups in total. The van der Waals surface area contributed by atoms with Crippen LogP contribution in [-0.2, 0) is 4.79 Å². The van der Waals surface area contributed by atoms with Crippen LogP contribution in [0.25, 0.3) is 0 Å². The number of thioether (sulfide) groups is 1. The number of likely N-dealkylation sites (tertiary alicyclic amines) is 1. The van der Waals surface area contributed by atoms with Crippen molar-refractivity contribution in [3.8, 4) is 17.2 Å². The van der Waals surface area contributed by atoms with Gasteiger partial charge in [0.1, 0.15) is 6.04 Å². The zero-order valence-corrected chi connectivity index (χ0v) is 18.8. The van der Waals surface area contributed by atoms with E-state index in [-0.39, 0.29) is 11.8 Å². The first-order valence-corrected chi connectivity index (χ1v) is 11.2. The number of hydrogen-bond acceptors (Lipinski definition) is 6. The maximum absolute atomic E-state index is 13.1. The lowest BCUT2D eigenvalue weighted by molar-refractivity contribution is -0.134. The first-order chi connectivity index (χ1) is 13.9. The first kappa shape index (κ1) is 23.2. The van der Waals surface area contributed by atoms with Gasteiger partial charge < -0.3 is 24.4 Å². The van der Waals surface area contributed by atoms with Crippen molar-refractivity contribution in [2.75, 3.05) is 46.4 Å². The minimum absolute atomic E-state index is 0.00765. The number of methoxy groups -OCH3 is 3. The van der Waals surface area contributed by atoms with Gasteiger partial charge in [0, 0.05) is 18.7 Å². The van der Waals surface area contributed by atoms with Crippen LogP contribution in [0.1, 0.15) is 36.5 Å². The molecule has 0 radical (unpaired) electrons. The topological polar surface area (TPSA) is 77.1 Å². The Balaban J connectivity index is 2.20. The second kappa shape index (κ2) is 11.2. The number of nitrogens with one attached hydrogen (secondary N) is 1. The normalized spacial score (nSPS) is 15.6. The Kier molecular flexibility index (Phi) is 8.95. The SMILES string of the molecule is COc1cc(C(=O)N[C@H](CCSC)C(=O)N2CCC(C)CC2)cc(OC)c1OC. The lowest BCUT2D eigenvalue weighted by atomic mass is 9.98. The van der Waals surface area contributed by atoms with Crippen molar-refractivity contribution in [1.82, 2.24) is 10.2 Å². The number of hydrogen-bond donors (Lipinski definition) is 1. The number of piperidine rings is 1. The van der Waals surface area contributed by atoms with Gasteiger partial charge in [0.25, 0.3) is 5.91 Å². The van der Waals surface area contributed by atoms with Gasteiger partial charge in [0.05, 0.1) is 21.3 Å². The fourth-order valence-corrected chi connectivity index (χ4v) is 3.87. The third-order valence-electron chi connectivity index (χ3n) is 5.24. The molecule has 8 heteroatoms. The Bertz CT molecular complexity index is 679. The van der Waals surface area contributed by atoms with Crippen molar-refractivity contribution in [2.45, 2.75) is 32.2 Å². The van der Waals surface area contributed by atoms with Crippen molar-refractivity contribution >= 4 is 23.6 Å². The summed E-state index contributed by atoms with van der Waals surface area (Å²) < 4.78 is 16.0. The molecule has 1 heterocycles. The summed E-state index contributed by atoms with van der Waals surface area (Å²) >= 11 is 1.66. The molecule has 0 aromatic heterocycles. The summed E-state index contributed by atoms with van der Waals surface area (Å²) in [5.41, 5.74) is 0.355. The van der Waals surface area contributed by atoms with E-state index in [2.05, 4.69) is 12.2 Å². The van der Waals surface area contributed by atoms with Crippen molar-refractivity contribution in [2.24, 2.45) is 5.92 Å². The molecule has 2 rings (SSSR count). The van der Waals surface area contributed by atoms with Crippen LogP contribution in [0, 0.1) is 5.92 Å². The average molecular weight is 425 g/mol. The molecule has 0 unspecified atom stereocenters. The second-order valence-corrected chi connectivity index (χ2v) is 8.21. The molecule has 1 fully saturated rings. The number of ether oxygens (including phenoxy) is 3. The van der Waals surface area contributed by atoms with Gasteiger partial charge in [-0.3, -0.25) is 9.59 Å².